The lowest BCUT2D eigenvalue weighted by Crippen LogP contribution is -2.25. The Morgan fingerprint density at radius 2 is 1.95 bits per heavy atom. The molecule has 5 heteroatoms. The van der Waals surface area contributed by atoms with Gasteiger partial charge in [0.1, 0.15) is 5.75 Å². The van der Waals surface area contributed by atoms with Gasteiger partial charge < -0.3 is 10.1 Å². The van der Waals surface area contributed by atoms with E-state index in [1.807, 2.05) is 24.3 Å². The molecule has 0 heterocycles. The summed E-state index contributed by atoms with van der Waals surface area (Å²) in [4.78, 5) is 11.8. The highest BCUT2D eigenvalue weighted by molar-refractivity contribution is 5.94. The normalized spacial score (nSPS) is 10.2. The average molecular weight is 291 g/mol. The molecule has 1 amide bonds. The van der Waals surface area contributed by atoms with Gasteiger partial charge in [0.2, 0.25) is 0 Å². The van der Waals surface area contributed by atoms with Gasteiger partial charge in [0, 0.05) is 12.1 Å². The minimum absolute atomic E-state index is 0.0968. The van der Waals surface area contributed by atoms with Gasteiger partial charge in [-0.2, -0.15) is 0 Å². The number of amides is 1. The summed E-state index contributed by atoms with van der Waals surface area (Å²) in [6.07, 6.45) is 0.618. The van der Waals surface area contributed by atoms with Gasteiger partial charge in [0.05, 0.1) is 7.11 Å². The average Bonchev–Trinajstić information content (AvgIpc) is 2.50. The molecule has 0 atom stereocenters. The molecule has 0 saturated carbocycles. The van der Waals surface area contributed by atoms with Crippen LogP contribution < -0.4 is 10.1 Å². The second kappa shape index (κ2) is 6.83. The van der Waals surface area contributed by atoms with E-state index in [1.165, 1.54) is 6.07 Å². The molecule has 0 bridgehead atoms. The van der Waals surface area contributed by atoms with E-state index in [0.29, 0.717) is 13.0 Å². The standard InChI is InChI=1S/C16H15F2NO2/c1-21-13-4-2-3-11(9-13)7-8-19-16(20)12-5-6-14(17)15(18)10-12/h2-6,9-10H,7-8H2,1H3,(H,19,20). The van der Waals surface area contributed by atoms with E-state index in [2.05, 4.69) is 5.32 Å². The van der Waals surface area contributed by atoms with Crippen LogP contribution in [0.15, 0.2) is 42.5 Å². The molecule has 3 nitrogen and oxygen atoms in total. The van der Waals surface area contributed by atoms with E-state index >= 15 is 0 Å². The first-order chi connectivity index (χ1) is 10.1. The Hall–Kier alpha value is -2.43. The van der Waals surface area contributed by atoms with Crippen LogP contribution in [0.5, 0.6) is 5.75 Å². The zero-order valence-electron chi connectivity index (χ0n) is 11.5. The summed E-state index contributed by atoms with van der Waals surface area (Å²) in [5.41, 5.74) is 1.11. The Labute approximate surface area is 121 Å². The SMILES string of the molecule is COc1cccc(CCNC(=O)c2ccc(F)c(F)c2)c1. The van der Waals surface area contributed by atoms with Crippen molar-refractivity contribution in [1.29, 1.82) is 0 Å². The van der Waals surface area contributed by atoms with Crippen LogP contribution in [0.3, 0.4) is 0 Å². The molecule has 0 aliphatic rings. The molecule has 2 rings (SSSR count). The Kier molecular flexibility index (Phi) is 4.87. The third-order valence-corrected chi connectivity index (χ3v) is 3.02. The van der Waals surface area contributed by atoms with E-state index in [1.54, 1.807) is 7.11 Å². The molecule has 110 valence electrons. The first-order valence-electron chi connectivity index (χ1n) is 6.46. The third-order valence-electron chi connectivity index (χ3n) is 3.02. The van der Waals surface area contributed by atoms with Crippen LogP contribution >= 0.6 is 0 Å². The van der Waals surface area contributed by atoms with Gasteiger partial charge in [0.15, 0.2) is 11.6 Å². The molecule has 0 spiro atoms. The van der Waals surface area contributed by atoms with Crippen LogP contribution in [0.1, 0.15) is 15.9 Å². The number of benzene rings is 2. The lowest BCUT2D eigenvalue weighted by molar-refractivity contribution is 0.0953. The van der Waals surface area contributed by atoms with E-state index in [-0.39, 0.29) is 5.56 Å². The number of rotatable bonds is 5. The maximum Gasteiger partial charge on any atom is 0.251 e. The summed E-state index contributed by atoms with van der Waals surface area (Å²) in [6.45, 7) is 0.394. The van der Waals surface area contributed by atoms with E-state index < -0.39 is 17.5 Å². The number of halogens is 2. The zero-order chi connectivity index (χ0) is 15.2. The number of nitrogens with one attached hydrogen (secondary N) is 1. The van der Waals surface area contributed by atoms with Gasteiger partial charge in [0.25, 0.3) is 5.91 Å². The molecule has 0 saturated heterocycles. The summed E-state index contributed by atoms with van der Waals surface area (Å²) in [5.74, 6) is -1.69. The minimum atomic E-state index is -1.03. The fourth-order valence-corrected chi connectivity index (χ4v) is 1.89. The van der Waals surface area contributed by atoms with Crippen LogP contribution in [-0.4, -0.2) is 19.6 Å². The lowest BCUT2D eigenvalue weighted by atomic mass is 10.1. The van der Waals surface area contributed by atoms with Gasteiger partial charge in [-0.1, -0.05) is 12.1 Å². The molecule has 1 N–H and O–H groups in total. The van der Waals surface area contributed by atoms with Crippen LogP contribution in [0.25, 0.3) is 0 Å². The number of carbonyl (C=O) groups is 1. The number of hydrogen-bond acceptors (Lipinski definition) is 2. The zero-order valence-corrected chi connectivity index (χ0v) is 11.5. The number of carbonyl (C=O) groups excluding carboxylic acids is 1. The van der Waals surface area contributed by atoms with Gasteiger partial charge >= 0.3 is 0 Å². The summed E-state index contributed by atoms with van der Waals surface area (Å²) >= 11 is 0. The third kappa shape index (κ3) is 4.02. The second-order valence-corrected chi connectivity index (χ2v) is 4.49. The van der Waals surface area contributed by atoms with Crippen molar-refractivity contribution in [2.24, 2.45) is 0 Å². The predicted molar refractivity (Wildman–Crippen MR) is 75.4 cm³/mol. The second-order valence-electron chi connectivity index (χ2n) is 4.49. The lowest BCUT2D eigenvalue weighted by Gasteiger charge is -2.07. The summed E-state index contributed by atoms with van der Waals surface area (Å²) in [5, 5.41) is 2.66. The molecule has 0 aromatic heterocycles. The molecule has 2 aromatic carbocycles. The number of ether oxygens (including phenoxy) is 1. The van der Waals surface area contributed by atoms with Crippen LogP contribution in [0, 0.1) is 11.6 Å². The van der Waals surface area contributed by atoms with Crippen molar-refractivity contribution in [3.63, 3.8) is 0 Å². The Morgan fingerprint density at radius 1 is 1.14 bits per heavy atom. The molecule has 0 unspecified atom stereocenters. The summed E-state index contributed by atoms with van der Waals surface area (Å²) in [6, 6.07) is 10.6. The van der Waals surface area contributed by atoms with Crippen LogP contribution in [-0.2, 0) is 6.42 Å². The molecular formula is C16H15F2NO2. The van der Waals surface area contributed by atoms with Crippen LogP contribution in [0.4, 0.5) is 8.78 Å². The van der Waals surface area contributed by atoms with E-state index in [0.717, 1.165) is 23.4 Å². The molecule has 2 aromatic rings. The smallest absolute Gasteiger partial charge is 0.251 e. The van der Waals surface area contributed by atoms with E-state index in [4.69, 9.17) is 4.74 Å². The molecule has 0 aliphatic heterocycles. The Morgan fingerprint density at radius 3 is 2.67 bits per heavy atom. The highest BCUT2D eigenvalue weighted by Gasteiger charge is 2.09. The molecule has 0 radical (unpaired) electrons. The summed E-state index contributed by atoms with van der Waals surface area (Å²) < 4.78 is 30.9. The Bertz CT molecular complexity index is 644. The van der Waals surface area contributed by atoms with Crippen LogP contribution in [0.2, 0.25) is 0 Å². The highest BCUT2D eigenvalue weighted by atomic mass is 19.2. The van der Waals surface area contributed by atoms with Crippen molar-refractivity contribution in [2.45, 2.75) is 6.42 Å². The van der Waals surface area contributed by atoms with Crippen molar-refractivity contribution in [3.8, 4) is 5.75 Å². The monoisotopic (exact) mass is 291 g/mol. The Balaban J connectivity index is 1.90. The van der Waals surface area contributed by atoms with Crippen molar-refractivity contribution in [2.75, 3.05) is 13.7 Å². The fraction of sp³-hybridized carbons (Fsp3) is 0.188. The van der Waals surface area contributed by atoms with Crippen molar-refractivity contribution in [3.05, 3.63) is 65.2 Å². The van der Waals surface area contributed by atoms with Gasteiger partial charge in [-0.15, -0.1) is 0 Å². The number of methoxy groups -OCH3 is 1. The van der Waals surface area contributed by atoms with Crippen molar-refractivity contribution >= 4 is 5.91 Å². The highest BCUT2D eigenvalue weighted by Crippen LogP contribution is 2.13. The molecule has 0 aliphatic carbocycles. The van der Waals surface area contributed by atoms with Crippen molar-refractivity contribution in [1.82, 2.24) is 5.32 Å². The van der Waals surface area contributed by atoms with E-state index in [9.17, 15) is 13.6 Å². The minimum Gasteiger partial charge on any atom is -0.497 e. The molecular weight excluding hydrogens is 276 g/mol. The fourth-order valence-electron chi connectivity index (χ4n) is 1.89. The van der Waals surface area contributed by atoms with Crippen molar-refractivity contribution < 1.29 is 18.3 Å². The van der Waals surface area contributed by atoms with Gasteiger partial charge in [-0.3, -0.25) is 4.79 Å². The van der Waals surface area contributed by atoms with Gasteiger partial charge in [-0.05, 0) is 42.3 Å². The summed E-state index contributed by atoms with van der Waals surface area (Å²) in [7, 11) is 1.59. The largest absolute Gasteiger partial charge is 0.497 e. The predicted octanol–water partition coefficient (Wildman–Crippen LogP) is 2.95. The molecule has 21 heavy (non-hydrogen) atoms. The molecule has 0 fully saturated rings. The first-order valence-corrected chi connectivity index (χ1v) is 6.46. The first kappa shape index (κ1) is 15.0. The quantitative estimate of drug-likeness (QED) is 0.920. The van der Waals surface area contributed by atoms with Gasteiger partial charge in [-0.25, -0.2) is 8.78 Å². The number of hydrogen-bond donors (Lipinski definition) is 1. The topological polar surface area (TPSA) is 38.3 Å². The maximum absolute atomic E-state index is 13.0. The maximum atomic E-state index is 13.0.